The number of methoxy groups -OCH3 is 1. The molecule has 1 aromatic carbocycles. The molecule has 20 heavy (non-hydrogen) atoms. The smallest absolute Gasteiger partial charge is 0.138 e. The molecule has 0 aliphatic heterocycles. The first kappa shape index (κ1) is 14.6. The minimum Gasteiger partial charge on any atom is -0.496 e. The Balaban J connectivity index is 2.64. The van der Waals surface area contributed by atoms with Gasteiger partial charge in [0.25, 0.3) is 0 Å². The second kappa shape index (κ2) is 5.29. The van der Waals surface area contributed by atoms with E-state index in [9.17, 15) is 0 Å². The van der Waals surface area contributed by atoms with E-state index in [1.54, 1.807) is 7.11 Å². The highest BCUT2D eigenvalue weighted by molar-refractivity contribution is 5.71. The lowest BCUT2D eigenvalue weighted by Gasteiger charge is -2.20. The fraction of sp³-hybridized carbons (Fsp3) is 0.438. The van der Waals surface area contributed by atoms with Gasteiger partial charge >= 0.3 is 0 Å². The minimum atomic E-state index is 0.0582. The van der Waals surface area contributed by atoms with Crippen LogP contribution in [0.4, 0.5) is 0 Å². The monoisotopic (exact) mass is 274 g/mol. The van der Waals surface area contributed by atoms with Crippen molar-refractivity contribution in [3.8, 4) is 17.0 Å². The highest BCUT2D eigenvalue weighted by Gasteiger charge is 2.21. The van der Waals surface area contributed by atoms with Gasteiger partial charge in [-0.1, -0.05) is 32.0 Å². The maximum Gasteiger partial charge on any atom is 0.138 e. The lowest BCUT2D eigenvalue weighted by molar-refractivity contribution is 0.396. The third-order valence-electron chi connectivity index (χ3n) is 3.51. The largest absolute Gasteiger partial charge is 0.496 e. The van der Waals surface area contributed by atoms with Gasteiger partial charge in [-0.25, -0.2) is 0 Å². The van der Waals surface area contributed by atoms with Crippen molar-refractivity contribution in [2.24, 2.45) is 5.73 Å². The van der Waals surface area contributed by atoms with Gasteiger partial charge in [-0.2, -0.15) is 0 Å². The zero-order chi connectivity index (χ0) is 14.9. The second-order valence-electron chi connectivity index (χ2n) is 5.94. The molecular weight excluding hydrogens is 252 g/mol. The zero-order valence-electron chi connectivity index (χ0n) is 12.8. The summed E-state index contributed by atoms with van der Waals surface area (Å²) in [5, 5.41) is 4.15. The maximum absolute atomic E-state index is 5.81. The predicted molar refractivity (Wildman–Crippen MR) is 79.8 cm³/mol. The summed E-state index contributed by atoms with van der Waals surface area (Å²) in [6, 6.07) is 6.16. The number of hydrogen-bond donors (Lipinski definition) is 1. The highest BCUT2D eigenvalue weighted by atomic mass is 16.5. The molecule has 2 aromatic rings. The van der Waals surface area contributed by atoms with Gasteiger partial charge < -0.3 is 15.0 Å². The summed E-state index contributed by atoms with van der Waals surface area (Å²) in [6.45, 7) is 8.80. The van der Waals surface area contributed by atoms with Gasteiger partial charge in [-0.3, -0.25) is 0 Å². The first-order valence-corrected chi connectivity index (χ1v) is 6.72. The van der Waals surface area contributed by atoms with Crippen LogP contribution in [-0.2, 0) is 12.0 Å². The number of benzene rings is 1. The number of hydrogen-bond acceptors (Lipinski definition) is 4. The molecule has 1 heterocycles. The summed E-state index contributed by atoms with van der Waals surface area (Å²) in [6.07, 6.45) is 0. The van der Waals surface area contributed by atoms with Gasteiger partial charge in [0.05, 0.1) is 7.11 Å². The van der Waals surface area contributed by atoms with Crippen LogP contribution in [0.25, 0.3) is 11.3 Å². The molecule has 0 saturated carbocycles. The minimum absolute atomic E-state index is 0.0582. The van der Waals surface area contributed by atoms with Crippen LogP contribution < -0.4 is 10.5 Å². The van der Waals surface area contributed by atoms with E-state index in [2.05, 4.69) is 38.1 Å². The SMILES string of the molecule is COc1ccc(C(C)(C)C)cc1-c1noc(C)c1CN. The molecule has 4 heteroatoms. The van der Waals surface area contributed by atoms with E-state index in [1.807, 2.05) is 13.0 Å². The quantitative estimate of drug-likeness (QED) is 0.931. The van der Waals surface area contributed by atoms with Crippen LogP contribution in [0.3, 0.4) is 0 Å². The number of nitrogens with zero attached hydrogens (tertiary/aromatic N) is 1. The van der Waals surface area contributed by atoms with Gasteiger partial charge in [0.2, 0.25) is 0 Å². The van der Waals surface area contributed by atoms with E-state index in [-0.39, 0.29) is 5.41 Å². The summed E-state index contributed by atoms with van der Waals surface area (Å²) in [5.74, 6) is 1.53. The Morgan fingerprint density at radius 1 is 1.30 bits per heavy atom. The maximum atomic E-state index is 5.81. The molecule has 4 nitrogen and oxygen atoms in total. The Labute approximate surface area is 119 Å². The van der Waals surface area contributed by atoms with Crippen LogP contribution in [0.2, 0.25) is 0 Å². The Morgan fingerprint density at radius 2 is 2.00 bits per heavy atom. The molecule has 2 N–H and O–H groups in total. The molecule has 0 fully saturated rings. The first-order valence-electron chi connectivity index (χ1n) is 6.72. The van der Waals surface area contributed by atoms with Crippen molar-refractivity contribution in [1.82, 2.24) is 5.16 Å². The predicted octanol–water partition coefficient (Wildman–Crippen LogP) is 3.41. The number of rotatable bonds is 3. The Kier molecular flexibility index (Phi) is 3.86. The summed E-state index contributed by atoms with van der Waals surface area (Å²) >= 11 is 0. The molecule has 0 spiro atoms. The highest BCUT2D eigenvalue weighted by Crippen LogP contribution is 2.36. The van der Waals surface area contributed by atoms with Gasteiger partial charge in [-0.05, 0) is 30.0 Å². The molecule has 108 valence electrons. The fourth-order valence-corrected chi connectivity index (χ4v) is 2.20. The number of nitrogens with two attached hydrogens (primary N) is 1. The Hall–Kier alpha value is -1.81. The summed E-state index contributed by atoms with van der Waals surface area (Å²) in [7, 11) is 1.66. The van der Waals surface area contributed by atoms with Crippen molar-refractivity contribution >= 4 is 0 Å². The van der Waals surface area contributed by atoms with E-state index >= 15 is 0 Å². The van der Waals surface area contributed by atoms with E-state index in [1.165, 1.54) is 5.56 Å². The lowest BCUT2D eigenvalue weighted by atomic mass is 9.85. The third kappa shape index (κ3) is 2.56. The molecule has 0 aliphatic carbocycles. The number of aromatic nitrogens is 1. The molecule has 0 saturated heterocycles. The van der Waals surface area contributed by atoms with Crippen molar-refractivity contribution in [3.63, 3.8) is 0 Å². The van der Waals surface area contributed by atoms with Crippen LogP contribution in [0, 0.1) is 6.92 Å². The summed E-state index contributed by atoms with van der Waals surface area (Å²) in [4.78, 5) is 0. The molecule has 0 bridgehead atoms. The molecule has 0 radical (unpaired) electrons. The molecule has 0 amide bonds. The van der Waals surface area contributed by atoms with E-state index in [0.717, 1.165) is 28.3 Å². The first-order chi connectivity index (χ1) is 9.38. The second-order valence-corrected chi connectivity index (χ2v) is 5.94. The average Bonchev–Trinajstić information content (AvgIpc) is 2.77. The Bertz CT molecular complexity index is 609. The van der Waals surface area contributed by atoms with Crippen LogP contribution in [0.1, 0.15) is 37.7 Å². The van der Waals surface area contributed by atoms with Crippen molar-refractivity contribution in [3.05, 3.63) is 35.1 Å². The van der Waals surface area contributed by atoms with Crippen LogP contribution in [-0.4, -0.2) is 12.3 Å². The van der Waals surface area contributed by atoms with Gasteiger partial charge in [0.15, 0.2) is 0 Å². The Morgan fingerprint density at radius 3 is 2.55 bits per heavy atom. The van der Waals surface area contributed by atoms with Crippen LogP contribution in [0.5, 0.6) is 5.75 Å². The summed E-state index contributed by atoms with van der Waals surface area (Å²) in [5.41, 5.74) is 9.71. The molecule has 0 aliphatic rings. The zero-order valence-corrected chi connectivity index (χ0v) is 12.8. The standard InChI is InChI=1S/C16H22N2O2/c1-10-13(9-17)15(18-20-10)12-8-11(16(2,3)4)6-7-14(12)19-5/h6-8H,9,17H2,1-5H3. The number of ether oxygens (including phenoxy) is 1. The van der Waals surface area contributed by atoms with Crippen molar-refractivity contribution in [1.29, 1.82) is 0 Å². The molecule has 1 aromatic heterocycles. The van der Waals surface area contributed by atoms with Crippen molar-refractivity contribution < 1.29 is 9.26 Å². The van der Waals surface area contributed by atoms with Crippen LogP contribution in [0.15, 0.2) is 22.7 Å². The molecular formula is C16H22N2O2. The average molecular weight is 274 g/mol. The van der Waals surface area contributed by atoms with Crippen molar-refractivity contribution in [2.75, 3.05) is 7.11 Å². The lowest BCUT2D eigenvalue weighted by Crippen LogP contribution is -2.11. The van der Waals surface area contributed by atoms with E-state index in [4.69, 9.17) is 15.0 Å². The molecule has 2 rings (SSSR count). The van der Waals surface area contributed by atoms with Crippen LogP contribution >= 0.6 is 0 Å². The van der Waals surface area contributed by atoms with Gasteiger partial charge in [-0.15, -0.1) is 0 Å². The van der Waals surface area contributed by atoms with Crippen molar-refractivity contribution in [2.45, 2.75) is 39.7 Å². The van der Waals surface area contributed by atoms with Gasteiger partial charge in [0, 0.05) is 17.7 Å². The van der Waals surface area contributed by atoms with Gasteiger partial charge in [0.1, 0.15) is 17.2 Å². The fourth-order valence-electron chi connectivity index (χ4n) is 2.20. The normalized spacial score (nSPS) is 11.7. The van der Waals surface area contributed by atoms with E-state index < -0.39 is 0 Å². The molecule has 0 unspecified atom stereocenters. The molecule has 0 atom stereocenters. The third-order valence-corrected chi connectivity index (χ3v) is 3.51. The number of aryl methyl sites for hydroxylation is 1. The topological polar surface area (TPSA) is 61.3 Å². The van der Waals surface area contributed by atoms with E-state index in [0.29, 0.717) is 6.54 Å². The summed E-state index contributed by atoms with van der Waals surface area (Å²) < 4.78 is 10.7.